The maximum absolute atomic E-state index is 12.7. The fourth-order valence-corrected chi connectivity index (χ4v) is 4.04. The van der Waals surface area contributed by atoms with Crippen molar-refractivity contribution in [1.82, 2.24) is 19.4 Å². The van der Waals surface area contributed by atoms with E-state index in [2.05, 4.69) is 15.0 Å². The number of aromatic amines is 1. The summed E-state index contributed by atoms with van der Waals surface area (Å²) in [6.07, 6.45) is 5.75. The highest BCUT2D eigenvalue weighted by atomic mass is 32.1. The summed E-state index contributed by atoms with van der Waals surface area (Å²) < 4.78 is 1.98. The number of carbonyl (C=O) groups excluding carboxylic acids is 1. The number of rotatable bonds is 2. The summed E-state index contributed by atoms with van der Waals surface area (Å²) in [5.74, 6) is -0.316. The van der Waals surface area contributed by atoms with Gasteiger partial charge in [0.05, 0.1) is 5.56 Å². The first-order valence-electron chi connectivity index (χ1n) is 8.28. The molecule has 0 aromatic carbocycles. The van der Waals surface area contributed by atoms with Crippen molar-refractivity contribution in [2.75, 3.05) is 13.1 Å². The summed E-state index contributed by atoms with van der Waals surface area (Å²) >= 11 is 1.40. The summed E-state index contributed by atoms with van der Waals surface area (Å²) in [6.45, 7) is 0.981. The molecule has 0 atom stereocenters. The normalized spacial score (nSPS) is 16.3. The van der Waals surface area contributed by atoms with Crippen molar-refractivity contribution >= 4 is 34.4 Å². The quantitative estimate of drug-likeness (QED) is 0.722. The molecule has 1 aliphatic heterocycles. The lowest BCUT2D eigenvalue weighted by molar-refractivity contribution is 0.0998. The molecule has 1 aliphatic rings. The Labute approximate surface area is 152 Å². The van der Waals surface area contributed by atoms with Crippen LogP contribution in [0.4, 0.5) is 4.79 Å². The molecule has 3 aromatic heterocycles. The second-order valence-electron chi connectivity index (χ2n) is 6.11. The number of amides is 2. The molecule has 1 saturated heterocycles. The van der Waals surface area contributed by atoms with E-state index in [4.69, 9.17) is 5.11 Å². The lowest BCUT2D eigenvalue weighted by Crippen LogP contribution is -2.39. The maximum Gasteiger partial charge on any atom is 0.407 e. The Bertz CT molecular complexity index is 1030. The van der Waals surface area contributed by atoms with E-state index in [9.17, 15) is 9.59 Å². The van der Waals surface area contributed by atoms with Gasteiger partial charge in [-0.15, -0.1) is 11.3 Å². The topological polar surface area (TPSA) is 104 Å². The molecule has 0 saturated carbocycles. The third-order valence-electron chi connectivity index (χ3n) is 4.62. The molecule has 0 radical (unpaired) electrons. The molecule has 0 unspecified atom stereocenters. The molecule has 4 heterocycles. The van der Waals surface area contributed by atoms with Crippen LogP contribution in [0.3, 0.4) is 0 Å². The molecule has 8 nitrogen and oxygen atoms in total. The summed E-state index contributed by atoms with van der Waals surface area (Å²) in [4.78, 5) is 37.2. The van der Waals surface area contributed by atoms with Crippen molar-refractivity contribution < 1.29 is 14.7 Å². The minimum absolute atomic E-state index is 0.146. The van der Waals surface area contributed by atoms with Crippen LogP contribution in [0.15, 0.2) is 41.1 Å². The maximum atomic E-state index is 12.7. The minimum Gasteiger partial charge on any atom is -0.465 e. The zero-order valence-corrected chi connectivity index (χ0v) is 14.6. The van der Waals surface area contributed by atoms with Crippen LogP contribution in [0.1, 0.15) is 29.2 Å². The first-order chi connectivity index (χ1) is 12.6. The SMILES string of the molecule is O=C(/N=c1/sccn1C1CCN(C(=O)O)CC1)c1c[nH]c2ncccc12. The molecule has 0 bridgehead atoms. The minimum atomic E-state index is -0.883. The van der Waals surface area contributed by atoms with Gasteiger partial charge in [0, 0.05) is 48.5 Å². The number of thiazole rings is 1. The van der Waals surface area contributed by atoms with E-state index >= 15 is 0 Å². The summed E-state index contributed by atoms with van der Waals surface area (Å²) in [5, 5.41) is 11.7. The van der Waals surface area contributed by atoms with Crippen molar-refractivity contribution in [2.45, 2.75) is 18.9 Å². The zero-order valence-electron chi connectivity index (χ0n) is 13.8. The van der Waals surface area contributed by atoms with Gasteiger partial charge in [0.1, 0.15) is 5.65 Å². The van der Waals surface area contributed by atoms with E-state index in [1.54, 1.807) is 18.5 Å². The van der Waals surface area contributed by atoms with E-state index in [1.807, 2.05) is 22.2 Å². The van der Waals surface area contributed by atoms with Crippen LogP contribution in [0.2, 0.25) is 0 Å². The lowest BCUT2D eigenvalue weighted by Gasteiger charge is -2.30. The van der Waals surface area contributed by atoms with Gasteiger partial charge in [0.15, 0.2) is 4.80 Å². The van der Waals surface area contributed by atoms with Crippen LogP contribution in [0.5, 0.6) is 0 Å². The third-order valence-corrected chi connectivity index (χ3v) is 5.39. The predicted octanol–water partition coefficient (Wildman–Crippen LogP) is 2.48. The number of hydrogen-bond donors (Lipinski definition) is 2. The van der Waals surface area contributed by atoms with Crippen LogP contribution < -0.4 is 4.80 Å². The zero-order chi connectivity index (χ0) is 18.1. The van der Waals surface area contributed by atoms with E-state index < -0.39 is 6.09 Å². The number of carbonyl (C=O) groups is 2. The highest BCUT2D eigenvalue weighted by molar-refractivity contribution is 7.07. The van der Waals surface area contributed by atoms with Crippen molar-refractivity contribution in [1.29, 1.82) is 0 Å². The monoisotopic (exact) mass is 371 g/mol. The molecule has 4 rings (SSSR count). The van der Waals surface area contributed by atoms with Crippen LogP contribution in [-0.4, -0.2) is 49.6 Å². The van der Waals surface area contributed by atoms with Gasteiger partial charge >= 0.3 is 6.09 Å². The number of pyridine rings is 1. The van der Waals surface area contributed by atoms with Crippen molar-refractivity contribution in [3.8, 4) is 0 Å². The van der Waals surface area contributed by atoms with Gasteiger partial charge in [0.25, 0.3) is 5.91 Å². The number of piperidine rings is 1. The molecule has 134 valence electrons. The molecule has 2 N–H and O–H groups in total. The highest BCUT2D eigenvalue weighted by Crippen LogP contribution is 2.22. The molecule has 0 spiro atoms. The summed E-state index contributed by atoms with van der Waals surface area (Å²) in [6, 6.07) is 3.77. The second-order valence-corrected chi connectivity index (χ2v) is 6.99. The van der Waals surface area contributed by atoms with Gasteiger partial charge in [-0.25, -0.2) is 9.78 Å². The van der Waals surface area contributed by atoms with Gasteiger partial charge in [-0.1, -0.05) is 0 Å². The number of carboxylic acid groups (broad SMARTS) is 1. The first-order valence-corrected chi connectivity index (χ1v) is 9.16. The lowest BCUT2D eigenvalue weighted by atomic mass is 10.1. The Morgan fingerprint density at radius 3 is 2.92 bits per heavy atom. The van der Waals surface area contributed by atoms with Gasteiger partial charge in [-0.05, 0) is 25.0 Å². The standard InChI is InChI=1S/C17H17N5O3S/c23-15(13-10-19-14-12(13)2-1-5-18-14)20-16-22(8-9-26-16)11-3-6-21(7-4-11)17(24)25/h1-2,5,8-11H,3-4,6-7H2,(H,18,19)(H,24,25)/b20-16+. The molecule has 9 heteroatoms. The Morgan fingerprint density at radius 1 is 1.35 bits per heavy atom. The molecule has 1 fully saturated rings. The Morgan fingerprint density at radius 2 is 2.15 bits per heavy atom. The average Bonchev–Trinajstić information content (AvgIpc) is 3.28. The first kappa shape index (κ1) is 16.5. The van der Waals surface area contributed by atoms with E-state index in [1.165, 1.54) is 16.2 Å². The molecule has 0 aliphatic carbocycles. The van der Waals surface area contributed by atoms with E-state index in [0.29, 0.717) is 41.9 Å². The van der Waals surface area contributed by atoms with E-state index in [0.717, 1.165) is 5.39 Å². The van der Waals surface area contributed by atoms with Gasteiger partial charge in [-0.3, -0.25) is 4.79 Å². The Hall–Kier alpha value is -2.94. The molecular formula is C17H17N5O3S. The number of aromatic nitrogens is 3. The van der Waals surface area contributed by atoms with Crippen molar-refractivity contribution in [2.24, 2.45) is 4.99 Å². The number of nitrogens with zero attached hydrogens (tertiary/aromatic N) is 4. The second kappa shape index (κ2) is 6.75. The number of H-pyrrole nitrogens is 1. The van der Waals surface area contributed by atoms with Gasteiger partial charge in [-0.2, -0.15) is 4.99 Å². The number of nitrogens with one attached hydrogen (secondary N) is 1. The van der Waals surface area contributed by atoms with Gasteiger partial charge < -0.3 is 19.6 Å². The fraction of sp³-hybridized carbons (Fsp3) is 0.294. The van der Waals surface area contributed by atoms with E-state index in [-0.39, 0.29) is 11.9 Å². The molecular weight excluding hydrogens is 354 g/mol. The molecule has 3 aromatic rings. The molecule has 2 amide bonds. The third kappa shape index (κ3) is 3.01. The van der Waals surface area contributed by atoms with Crippen LogP contribution in [0, 0.1) is 0 Å². The predicted molar refractivity (Wildman–Crippen MR) is 96.2 cm³/mol. The van der Waals surface area contributed by atoms with Crippen LogP contribution in [0.25, 0.3) is 11.0 Å². The Balaban J connectivity index is 1.60. The van der Waals surface area contributed by atoms with Crippen molar-refractivity contribution in [3.63, 3.8) is 0 Å². The Kier molecular flexibility index (Phi) is 4.29. The van der Waals surface area contributed by atoms with Crippen molar-refractivity contribution in [3.05, 3.63) is 46.5 Å². The average molecular weight is 371 g/mol. The number of hydrogen-bond acceptors (Lipinski definition) is 4. The smallest absolute Gasteiger partial charge is 0.407 e. The largest absolute Gasteiger partial charge is 0.465 e. The molecule has 26 heavy (non-hydrogen) atoms. The van der Waals surface area contributed by atoms with Crippen LogP contribution in [-0.2, 0) is 0 Å². The van der Waals surface area contributed by atoms with Crippen LogP contribution >= 0.6 is 11.3 Å². The summed E-state index contributed by atoms with van der Waals surface area (Å²) in [5.41, 5.74) is 1.15. The summed E-state index contributed by atoms with van der Waals surface area (Å²) in [7, 11) is 0. The fourth-order valence-electron chi connectivity index (χ4n) is 3.26. The van der Waals surface area contributed by atoms with Gasteiger partial charge in [0.2, 0.25) is 0 Å². The highest BCUT2D eigenvalue weighted by Gasteiger charge is 2.24. The number of likely N-dealkylation sites (tertiary alicyclic amines) is 1. The number of fused-ring (bicyclic) bond motifs is 1.